The third-order valence-corrected chi connectivity index (χ3v) is 3.49. The molecule has 0 aliphatic carbocycles. The lowest BCUT2D eigenvalue weighted by atomic mass is 10.2. The Hall–Kier alpha value is -0.290. The first kappa shape index (κ1) is 11.8. The van der Waals surface area contributed by atoms with E-state index in [2.05, 4.69) is 4.98 Å². The van der Waals surface area contributed by atoms with Gasteiger partial charge < -0.3 is 14.4 Å². The maximum Gasteiger partial charge on any atom is 0.177 e. The molecule has 0 radical (unpaired) electrons. The molecule has 0 aromatic carbocycles. The van der Waals surface area contributed by atoms with Crippen molar-refractivity contribution < 1.29 is 18.7 Å². The molecule has 0 N–H and O–H groups in total. The zero-order chi connectivity index (χ0) is 10.9. The van der Waals surface area contributed by atoms with Gasteiger partial charge in [-0.05, 0) is 13.5 Å². The highest BCUT2D eigenvalue weighted by atomic mass is 32.1. The summed E-state index contributed by atoms with van der Waals surface area (Å²) in [5, 5.41) is 1.28. The summed E-state index contributed by atoms with van der Waals surface area (Å²) in [7, 11) is -5.21. The van der Waals surface area contributed by atoms with Crippen molar-refractivity contribution in [2.24, 2.45) is 0 Å². The van der Waals surface area contributed by atoms with Crippen molar-refractivity contribution in [3.8, 4) is 0 Å². The van der Waals surface area contributed by atoms with Crippen LogP contribution in [0.1, 0.15) is 36.4 Å². The van der Waals surface area contributed by atoms with Gasteiger partial charge in [-0.15, -0.1) is 11.3 Å². The highest BCUT2D eigenvalue weighted by Gasteiger charge is 2.18. The van der Waals surface area contributed by atoms with Gasteiger partial charge in [-0.1, -0.05) is 13.8 Å². The third kappa shape index (κ3) is 2.60. The Balaban J connectivity index is 2.93. The monoisotopic (exact) mass is 237 g/mol. The molecule has 0 amide bonds. The molecule has 4 nitrogen and oxygen atoms in total. The van der Waals surface area contributed by atoms with Gasteiger partial charge in [0.05, 0.1) is 5.69 Å². The van der Waals surface area contributed by atoms with Crippen molar-refractivity contribution in [3.05, 3.63) is 16.1 Å². The van der Waals surface area contributed by atoms with E-state index >= 15 is 0 Å². The average Bonchev–Trinajstić information content (AvgIpc) is 2.48. The van der Waals surface area contributed by atoms with E-state index in [1.54, 1.807) is 5.38 Å². The second kappa shape index (κ2) is 4.06. The molecule has 0 saturated carbocycles. The predicted octanol–water partition coefficient (Wildman–Crippen LogP) is 1.15. The van der Waals surface area contributed by atoms with E-state index in [1.165, 1.54) is 0 Å². The van der Waals surface area contributed by atoms with Crippen LogP contribution in [0.5, 0.6) is 0 Å². The molecular weight excluding hydrogens is 228 g/mol. The lowest BCUT2D eigenvalue weighted by Gasteiger charge is -2.31. The summed E-state index contributed by atoms with van der Waals surface area (Å²) in [5.74, 6) is -2.43. The molecule has 1 rings (SSSR count). The number of aromatic nitrogens is 1. The van der Waals surface area contributed by atoms with Crippen LogP contribution in [0, 0.1) is 0 Å². The molecule has 0 spiro atoms. The molecule has 7 heteroatoms. The fourth-order valence-electron chi connectivity index (χ4n) is 0.811. The summed E-state index contributed by atoms with van der Waals surface area (Å²) in [6.45, 7) is 3.69. The number of alkyl halides is 1. The van der Waals surface area contributed by atoms with Gasteiger partial charge in [0.1, 0.15) is 5.01 Å². The van der Waals surface area contributed by atoms with E-state index < -0.39 is 13.5 Å². The van der Waals surface area contributed by atoms with E-state index in [0.717, 1.165) is 11.3 Å². The maximum atomic E-state index is 13.0. The summed E-state index contributed by atoms with van der Waals surface area (Å²) in [5.41, 5.74) is 0.598. The normalized spacial score (nSPS) is 14.7. The van der Waals surface area contributed by atoms with Gasteiger partial charge in [-0.3, -0.25) is 0 Å². The summed E-state index contributed by atoms with van der Waals surface area (Å²) < 4.78 is 23.4. The van der Waals surface area contributed by atoms with E-state index in [1.807, 2.05) is 13.8 Å². The first-order chi connectivity index (χ1) is 6.32. The smallest absolute Gasteiger partial charge is 0.177 e. The van der Waals surface area contributed by atoms with E-state index in [9.17, 15) is 18.7 Å². The van der Waals surface area contributed by atoms with Gasteiger partial charge in [0, 0.05) is 5.38 Å². The second-order valence-electron chi connectivity index (χ2n) is 3.14. The number of nitrogens with zero attached hydrogens (tertiary/aromatic N) is 1. The minimum absolute atomic E-state index is 0.0879. The van der Waals surface area contributed by atoms with Gasteiger partial charge in [0.2, 0.25) is 0 Å². The fraction of sp³-hybridized carbons (Fsp3) is 0.571. The van der Waals surface area contributed by atoms with Crippen LogP contribution in [0.2, 0.25) is 0 Å². The number of hydrogen-bond acceptors (Lipinski definition) is 5. The lowest BCUT2D eigenvalue weighted by molar-refractivity contribution is -0.320. The maximum absolute atomic E-state index is 13.0. The molecule has 1 unspecified atom stereocenters. The molecule has 1 atom stereocenters. The predicted molar refractivity (Wildman–Crippen MR) is 47.7 cm³/mol. The van der Waals surface area contributed by atoms with E-state index in [-0.39, 0.29) is 10.9 Å². The topological polar surface area (TPSA) is 76.1 Å². The van der Waals surface area contributed by atoms with Crippen molar-refractivity contribution in [2.45, 2.75) is 25.7 Å². The first-order valence-electron chi connectivity index (χ1n) is 3.93. The summed E-state index contributed by atoms with van der Waals surface area (Å²) >= 11 is 0.855. The first-order valence-corrected chi connectivity index (χ1v) is 6.42. The number of hydrogen-bond donors (Lipinski definition) is 0. The van der Waals surface area contributed by atoms with Gasteiger partial charge >= 0.3 is 0 Å². The van der Waals surface area contributed by atoms with Crippen LogP contribution in [-0.4, -0.2) is 4.98 Å². The Bertz CT molecular complexity index is 362. The molecule has 0 aliphatic heterocycles. The van der Waals surface area contributed by atoms with Crippen LogP contribution in [0.4, 0.5) is 4.39 Å². The standard InChI is InChI=1S/C7H11FNO3PS/c1-4(2)5-3-14-7(9-5)6(8)13(10,11)12/h3-4,6H,1-2H3,(H2,10,11,12)/p-2. The van der Waals surface area contributed by atoms with Crippen LogP contribution in [-0.2, 0) is 4.57 Å². The lowest BCUT2D eigenvalue weighted by Crippen LogP contribution is -2.18. The second-order valence-corrected chi connectivity index (χ2v) is 5.56. The Morgan fingerprint density at radius 3 is 2.50 bits per heavy atom. The van der Waals surface area contributed by atoms with E-state index in [0.29, 0.717) is 5.69 Å². The van der Waals surface area contributed by atoms with Crippen molar-refractivity contribution in [3.63, 3.8) is 0 Å². The minimum atomic E-state index is -5.21. The van der Waals surface area contributed by atoms with Gasteiger partial charge in [0.15, 0.2) is 5.91 Å². The highest BCUT2D eigenvalue weighted by molar-refractivity contribution is 7.49. The van der Waals surface area contributed by atoms with E-state index in [4.69, 9.17) is 0 Å². The summed E-state index contributed by atoms with van der Waals surface area (Å²) in [6, 6.07) is 0. The fourth-order valence-corrected chi connectivity index (χ4v) is 2.55. The average molecular weight is 237 g/mol. The molecule has 1 heterocycles. The molecule has 1 aromatic heterocycles. The van der Waals surface area contributed by atoms with Gasteiger partial charge in [-0.25, -0.2) is 9.37 Å². The minimum Gasteiger partial charge on any atom is -0.808 e. The number of halogens is 1. The Morgan fingerprint density at radius 2 is 2.14 bits per heavy atom. The van der Waals surface area contributed by atoms with Crippen LogP contribution in [0.25, 0.3) is 0 Å². The Kier molecular flexibility index (Phi) is 3.42. The molecule has 14 heavy (non-hydrogen) atoms. The van der Waals surface area contributed by atoms with Gasteiger partial charge in [-0.2, -0.15) is 0 Å². The number of rotatable bonds is 3. The zero-order valence-electron chi connectivity index (χ0n) is 7.64. The third-order valence-electron chi connectivity index (χ3n) is 1.61. The molecule has 0 bridgehead atoms. The zero-order valence-corrected chi connectivity index (χ0v) is 9.35. The highest BCUT2D eigenvalue weighted by Crippen LogP contribution is 2.46. The largest absolute Gasteiger partial charge is 0.808 e. The molecule has 0 fully saturated rings. The molecular formula is C7H9FNO3PS-2. The molecule has 0 aliphatic rings. The van der Waals surface area contributed by atoms with Crippen molar-refractivity contribution in [1.82, 2.24) is 4.98 Å². The van der Waals surface area contributed by atoms with Crippen LogP contribution in [0.3, 0.4) is 0 Å². The Morgan fingerprint density at radius 1 is 1.57 bits per heavy atom. The SMILES string of the molecule is CC(C)c1csc(C(F)P(=O)([O-])[O-])n1. The molecule has 0 saturated heterocycles. The van der Waals surface area contributed by atoms with Crippen molar-refractivity contribution >= 4 is 18.9 Å². The Labute approximate surface area is 85.0 Å². The van der Waals surface area contributed by atoms with Crippen molar-refractivity contribution in [1.29, 1.82) is 0 Å². The quantitative estimate of drug-likeness (QED) is 0.739. The molecule has 1 aromatic rings. The van der Waals surface area contributed by atoms with Crippen LogP contribution in [0.15, 0.2) is 5.38 Å². The summed E-state index contributed by atoms with van der Waals surface area (Å²) in [4.78, 5) is 24.5. The van der Waals surface area contributed by atoms with Crippen LogP contribution < -0.4 is 9.79 Å². The van der Waals surface area contributed by atoms with Crippen LogP contribution >= 0.6 is 18.9 Å². The molecule has 80 valence electrons. The summed E-state index contributed by atoms with van der Waals surface area (Å²) in [6.07, 6.45) is 0. The van der Waals surface area contributed by atoms with Crippen molar-refractivity contribution in [2.75, 3.05) is 0 Å². The number of thiazole rings is 1. The van der Waals surface area contributed by atoms with Gasteiger partial charge in [0.25, 0.3) is 0 Å².